The molecular weight excluding hydrogens is 378 g/mol. The fourth-order valence-corrected chi connectivity index (χ4v) is 3.23. The fraction of sp³-hybridized carbons (Fsp3) is 0.250. The van der Waals surface area contributed by atoms with Crippen LogP contribution in [0.25, 0.3) is 11.5 Å². The highest BCUT2D eigenvalue weighted by Gasteiger charge is 2.13. The molecule has 0 aliphatic heterocycles. The molecule has 0 saturated carbocycles. The molecule has 7 nitrogen and oxygen atoms in total. The Balaban J connectivity index is 1.54. The monoisotopic (exact) mass is 399 g/mol. The second kappa shape index (κ2) is 9.27. The number of nitrogens with zero attached hydrogens (tertiary/aromatic N) is 2. The third kappa shape index (κ3) is 5.04. The normalized spacial score (nSPS) is 10.5. The summed E-state index contributed by atoms with van der Waals surface area (Å²) in [4.78, 5) is 12.1. The molecule has 0 radical (unpaired) electrons. The van der Waals surface area contributed by atoms with Gasteiger partial charge in [-0.3, -0.25) is 4.79 Å². The molecule has 0 atom stereocenters. The van der Waals surface area contributed by atoms with Crippen LogP contribution in [0.5, 0.6) is 11.5 Å². The summed E-state index contributed by atoms with van der Waals surface area (Å²) in [5.41, 5.74) is 2.62. The third-order valence-electron chi connectivity index (χ3n) is 3.89. The fourth-order valence-electron chi connectivity index (χ4n) is 2.53. The molecule has 3 rings (SSSR count). The number of benzene rings is 2. The molecule has 2 aromatic carbocycles. The molecular formula is C20H21N3O4S. The Morgan fingerprint density at radius 2 is 1.93 bits per heavy atom. The Hall–Kier alpha value is -3.00. The summed E-state index contributed by atoms with van der Waals surface area (Å²) in [5, 5.41) is 11.4. The van der Waals surface area contributed by atoms with Crippen LogP contribution in [0.4, 0.5) is 5.69 Å². The highest BCUT2D eigenvalue weighted by atomic mass is 32.2. The van der Waals surface area contributed by atoms with Gasteiger partial charge in [-0.15, -0.1) is 10.2 Å². The molecule has 1 amide bonds. The second-order valence-electron chi connectivity index (χ2n) is 5.96. The highest BCUT2D eigenvalue weighted by Crippen LogP contribution is 2.32. The smallest absolute Gasteiger partial charge is 0.276 e. The number of carbonyl (C=O) groups excluding carboxylic acids is 1. The molecule has 0 bridgehead atoms. The molecule has 0 fully saturated rings. The Kier molecular flexibility index (Phi) is 6.54. The number of methoxy groups -OCH3 is 2. The first-order chi connectivity index (χ1) is 13.6. The number of carbonyl (C=O) groups is 1. The van der Waals surface area contributed by atoms with E-state index in [1.807, 2.05) is 37.3 Å². The Labute approximate surface area is 167 Å². The lowest BCUT2D eigenvalue weighted by Gasteiger charge is -2.07. The van der Waals surface area contributed by atoms with Gasteiger partial charge in [0.05, 0.1) is 14.2 Å². The molecule has 28 heavy (non-hydrogen) atoms. The third-order valence-corrected chi connectivity index (χ3v) is 4.71. The lowest BCUT2D eigenvalue weighted by atomic mass is 10.2. The van der Waals surface area contributed by atoms with Crippen molar-refractivity contribution in [1.82, 2.24) is 10.2 Å². The summed E-state index contributed by atoms with van der Waals surface area (Å²) in [6.07, 6.45) is 0.340. The molecule has 0 saturated heterocycles. The predicted octanol–water partition coefficient (Wildman–Crippen LogP) is 4.18. The first-order valence-corrected chi connectivity index (χ1v) is 9.63. The molecule has 1 aromatic heterocycles. The first kappa shape index (κ1) is 19.8. The SMILES string of the molecule is COc1ccc(-c2nnc(SCCC(=O)Nc3cccc(C)c3)o2)cc1OC. The minimum Gasteiger partial charge on any atom is -0.493 e. The van der Waals surface area contributed by atoms with Gasteiger partial charge in [0.15, 0.2) is 11.5 Å². The van der Waals surface area contributed by atoms with E-state index in [9.17, 15) is 4.79 Å². The average Bonchev–Trinajstić information content (AvgIpc) is 3.16. The van der Waals surface area contributed by atoms with E-state index < -0.39 is 0 Å². The number of ether oxygens (including phenoxy) is 2. The summed E-state index contributed by atoms with van der Waals surface area (Å²) >= 11 is 1.34. The van der Waals surface area contributed by atoms with Gasteiger partial charge in [0.2, 0.25) is 11.8 Å². The van der Waals surface area contributed by atoms with Gasteiger partial charge in [-0.05, 0) is 42.8 Å². The molecule has 0 unspecified atom stereocenters. The Bertz CT molecular complexity index is 958. The van der Waals surface area contributed by atoms with E-state index in [0.717, 1.165) is 16.8 Å². The summed E-state index contributed by atoms with van der Waals surface area (Å²) < 4.78 is 16.2. The van der Waals surface area contributed by atoms with Gasteiger partial charge in [-0.2, -0.15) is 0 Å². The number of nitrogens with one attached hydrogen (secondary N) is 1. The van der Waals surface area contributed by atoms with Crippen LogP contribution < -0.4 is 14.8 Å². The molecule has 8 heteroatoms. The van der Waals surface area contributed by atoms with Crippen molar-refractivity contribution in [2.24, 2.45) is 0 Å². The number of amides is 1. The van der Waals surface area contributed by atoms with E-state index in [0.29, 0.717) is 34.8 Å². The van der Waals surface area contributed by atoms with Gasteiger partial charge < -0.3 is 19.2 Å². The van der Waals surface area contributed by atoms with E-state index in [1.165, 1.54) is 11.8 Å². The van der Waals surface area contributed by atoms with Crippen molar-refractivity contribution < 1.29 is 18.7 Å². The average molecular weight is 399 g/mol. The van der Waals surface area contributed by atoms with E-state index in [2.05, 4.69) is 15.5 Å². The van der Waals surface area contributed by atoms with E-state index in [4.69, 9.17) is 13.9 Å². The van der Waals surface area contributed by atoms with Crippen LogP contribution in [-0.2, 0) is 4.79 Å². The summed E-state index contributed by atoms with van der Waals surface area (Å²) in [6.45, 7) is 1.98. The summed E-state index contributed by atoms with van der Waals surface area (Å²) in [7, 11) is 3.15. The van der Waals surface area contributed by atoms with Gasteiger partial charge >= 0.3 is 0 Å². The second-order valence-corrected chi connectivity index (χ2v) is 7.01. The summed E-state index contributed by atoms with van der Waals surface area (Å²) in [5.74, 6) is 2.07. The highest BCUT2D eigenvalue weighted by molar-refractivity contribution is 7.99. The van der Waals surface area contributed by atoms with E-state index in [1.54, 1.807) is 26.4 Å². The van der Waals surface area contributed by atoms with E-state index >= 15 is 0 Å². The van der Waals surface area contributed by atoms with Crippen molar-refractivity contribution in [3.8, 4) is 23.0 Å². The zero-order valence-electron chi connectivity index (χ0n) is 15.9. The molecule has 0 aliphatic carbocycles. The number of anilines is 1. The molecule has 0 spiro atoms. The molecule has 3 aromatic rings. The molecule has 146 valence electrons. The van der Waals surface area contributed by atoms with Crippen molar-refractivity contribution in [2.45, 2.75) is 18.6 Å². The number of rotatable bonds is 8. The van der Waals surface area contributed by atoms with Crippen LogP contribution in [0.15, 0.2) is 52.1 Å². The standard InChI is InChI=1S/C20H21N3O4S/c1-13-5-4-6-15(11-13)21-18(24)9-10-28-20-23-22-19(27-20)14-7-8-16(25-2)17(12-14)26-3/h4-8,11-12H,9-10H2,1-3H3,(H,21,24). The van der Waals surface area contributed by atoms with Gasteiger partial charge in [-0.25, -0.2) is 0 Å². The molecule has 0 aliphatic rings. The van der Waals surface area contributed by atoms with Gasteiger partial charge in [0.1, 0.15) is 0 Å². The number of aryl methyl sites for hydroxylation is 1. The Morgan fingerprint density at radius 1 is 1.11 bits per heavy atom. The maximum atomic E-state index is 12.1. The van der Waals surface area contributed by atoms with Crippen LogP contribution in [0.3, 0.4) is 0 Å². The maximum Gasteiger partial charge on any atom is 0.276 e. The minimum atomic E-state index is -0.0577. The zero-order valence-corrected chi connectivity index (χ0v) is 16.7. The van der Waals surface area contributed by atoms with Gasteiger partial charge in [0.25, 0.3) is 5.22 Å². The zero-order chi connectivity index (χ0) is 19.9. The maximum absolute atomic E-state index is 12.1. The van der Waals surface area contributed by atoms with Crippen LogP contribution in [0.1, 0.15) is 12.0 Å². The van der Waals surface area contributed by atoms with E-state index in [-0.39, 0.29) is 5.91 Å². The quantitative estimate of drug-likeness (QED) is 0.569. The minimum absolute atomic E-state index is 0.0577. The number of hydrogen-bond donors (Lipinski definition) is 1. The lowest BCUT2D eigenvalue weighted by molar-refractivity contribution is -0.115. The van der Waals surface area contributed by atoms with Crippen molar-refractivity contribution >= 4 is 23.4 Å². The van der Waals surface area contributed by atoms with Crippen LogP contribution >= 0.6 is 11.8 Å². The van der Waals surface area contributed by atoms with Crippen LogP contribution in [-0.4, -0.2) is 36.1 Å². The molecule has 1 heterocycles. The van der Waals surface area contributed by atoms with Crippen molar-refractivity contribution in [1.29, 1.82) is 0 Å². The number of aromatic nitrogens is 2. The molecule has 1 N–H and O–H groups in total. The topological polar surface area (TPSA) is 86.5 Å². The number of hydrogen-bond acceptors (Lipinski definition) is 7. The predicted molar refractivity (Wildman–Crippen MR) is 108 cm³/mol. The number of thioether (sulfide) groups is 1. The Morgan fingerprint density at radius 3 is 2.68 bits per heavy atom. The van der Waals surface area contributed by atoms with Crippen molar-refractivity contribution in [3.05, 3.63) is 48.0 Å². The lowest BCUT2D eigenvalue weighted by Crippen LogP contribution is -2.12. The van der Waals surface area contributed by atoms with Gasteiger partial charge in [-0.1, -0.05) is 23.9 Å². The van der Waals surface area contributed by atoms with Crippen LogP contribution in [0.2, 0.25) is 0 Å². The summed E-state index contributed by atoms with van der Waals surface area (Å²) in [6, 6.07) is 13.1. The van der Waals surface area contributed by atoms with Crippen molar-refractivity contribution in [2.75, 3.05) is 25.3 Å². The first-order valence-electron chi connectivity index (χ1n) is 8.64. The van der Waals surface area contributed by atoms with Gasteiger partial charge in [0, 0.05) is 23.4 Å². The largest absolute Gasteiger partial charge is 0.493 e. The van der Waals surface area contributed by atoms with Crippen molar-refractivity contribution in [3.63, 3.8) is 0 Å². The van der Waals surface area contributed by atoms with Crippen LogP contribution in [0, 0.1) is 6.92 Å².